The van der Waals surface area contributed by atoms with Gasteiger partial charge in [0.05, 0.1) is 0 Å². The van der Waals surface area contributed by atoms with Crippen LogP contribution in [0.1, 0.15) is 12.0 Å². The third kappa shape index (κ3) is 3.09. The number of allylic oxidation sites excluding steroid dienone is 4. The van der Waals surface area contributed by atoms with Gasteiger partial charge >= 0.3 is 0 Å². The molecule has 0 amide bonds. The second-order valence-electron chi connectivity index (χ2n) is 3.28. The Bertz CT molecular complexity index is 383. The van der Waals surface area contributed by atoms with Crippen molar-refractivity contribution >= 4 is 28.8 Å². The van der Waals surface area contributed by atoms with Gasteiger partial charge in [-0.3, -0.25) is 0 Å². The van der Waals surface area contributed by atoms with Gasteiger partial charge in [0.25, 0.3) is 0 Å². The molecule has 0 bridgehead atoms. The molecule has 2 rings (SSSR count). The highest BCUT2D eigenvalue weighted by Gasteiger charge is 2.29. The second-order valence-corrected chi connectivity index (χ2v) is 4.77. The number of halogens is 2. The highest BCUT2D eigenvalue weighted by atomic mass is 35.5. The molecule has 1 aliphatic carbocycles. The highest BCUT2D eigenvalue weighted by molar-refractivity contribution is 6.54. The van der Waals surface area contributed by atoms with E-state index < -0.39 is 4.33 Å². The molecule has 1 aromatic carbocycles. The molecule has 1 aromatic rings. The lowest BCUT2D eigenvalue weighted by Gasteiger charge is -2.24. The first kappa shape index (κ1) is 15.2. The number of hydrogen-bond acceptors (Lipinski definition) is 2. The monoisotopic (exact) mass is 258 g/mol. The fraction of sp³-hybridized carbons (Fsp3) is 0.167. The van der Waals surface area contributed by atoms with Crippen LogP contribution in [0.2, 0.25) is 0 Å². The largest absolute Gasteiger partial charge is 0.344 e. The summed E-state index contributed by atoms with van der Waals surface area (Å²) in [7, 11) is 0. The minimum absolute atomic E-state index is 0. The van der Waals surface area contributed by atoms with Crippen molar-refractivity contribution in [2.45, 2.75) is 10.8 Å². The van der Waals surface area contributed by atoms with Crippen LogP contribution in [0.3, 0.4) is 0 Å². The smallest absolute Gasteiger partial charge is 0.147 e. The van der Waals surface area contributed by atoms with Crippen molar-refractivity contribution in [1.29, 1.82) is 0 Å². The third-order valence-electron chi connectivity index (χ3n) is 2.25. The molecule has 0 saturated heterocycles. The van der Waals surface area contributed by atoms with Gasteiger partial charge in [-0.1, -0.05) is 71.8 Å². The van der Waals surface area contributed by atoms with Crippen molar-refractivity contribution in [1.82, 2.24) is 12.3 Å². The Morgan fingerprint density at radius 3 is 2.19 bits per heavy atom. The van der Waals surface area contributed by atoms with Crippen LogP contribution in [0.15, 0.2) is 48.6 Å². The predicted molar refractivity (Wildman–Crippen MR) is 72.7 cm³/mol. The van der Waals surface area contributed by atoms with Gasteiger partial charge in [0.2, 0.25) is 0 Å². The van der Waals surface area contributed by atoms with E-state index in [0.29, 0.717) is 6.42 Å². The Balaban J connectivity index is 0.00000112. The van der Waals surface area contributed by atoms with Crippen molar-refractivity contribution in [2.24, 2.45) is 0 Å². The first-order chi connectivity index (χ1) is 6.70. The zero-order chi connectivity index (χ0) is 10.0. The number of rotatable bonds is 1. The maximum absolute atomic E-state index is 6.22. The molecule has 0 atom stereocenters. The molecular formula is C12H16Cl2N2. The summed E-state index contributed by atoms with van der Waals surface area (Å²) in [5.74, 6) is 0. The maximum atomic E-state index is 6.22. The summed E-state index contributed by atoms with van der Waals surface area (Å²) in [5.41, 5.74) is 2.06. The van der Waals surface area contributed by atoms with E-state index in [1.807, 2.05) is 48.6 Å². The molecule has 16 heavy (non-hydrogen) atoms. The molecule has 0 spiro atoms. The van der Waals surface area contributed by atoms with E-state index in [1.54, 1.807) is 0 Å². The quantitative estimate of drug-likeness (QED) is 0.727. The number of alkyl halides is 2. The Kier molecular flexibility index (Phi) is 5.76. The molecule has 0 unspecified atom stereocenters. The molecule has 4 heteroatoms. The molecule has 6 N–H and O–H groups in total. The van der Waals surface area contributed by atoms with Crippen LogP contribution in [0.25, 0.3) is 5.57 Å². The van der Waals surface area contributed by atoms with E-state index in [4.69, 9.17) is 23.2 Å². The molecule has 0 aliphatic heterocycles. The van der Waals surface area contributed by atoms with Gasteiger partial charge in [-0.15, -0.1) is 0 Å². The summed E-state index contributed by atoms with van der Waals surface area (Å²) in [4.78, 5) is 0. The molecule has 1 aliphatic rings. The van der Waals surface area contributed by atoms with Gasteiger partial charge < -0.3 is 12.3 Å². The maximum Gasteiger partial charge on any atom is 0.147 e. The van der Waals surface area contributed by atoms with Gasteiger partial charge in [-0.2, -0.15) is 0 Å². The van der Waals surface area contributed by atoms with E-state index in [2.05, 4.69) is 0 Å². The third-order valence-corrected chi connectivity index (χ3v) is 2.97. The lowest BCUT2D eigenvalue weighted by molar-refractivity contribution is 0.981. The average molecular weight is 259 g/mol. The summed E-state index contributed by atoms with van der Waals surface area (Å²) in [6, 6.07) is 9.98. The molecule has 0 fully saturated rings. The Morgan fingerprint density at radius 1 is 1.00 bits per heavy atom. The Hall–Kier alpha value is -0.800. The molecule has 0 radical (unpaired) electrons. The molecular weight excluding hydrogens is 243 g/mol. The van der Waals surface area contributed by atoms with Crippen LogP contribution in [0, 0.1) is 0 Å². The second kappa shape index (κ2) is 6.06. The van der Waals surface area contributed by atoms with Gasteiger partial charge in [0.1, 0.15) is 4.33 Å². The van der Waals surface area contributed by atoms with E-state index >= 15 is 0 Å². The SMILES string of the molecule is ClC1(Cl)CC=CC=C1c1ccccc1.N.N. The normalized spacial score (nSPS) is 16.8. The summed E-state index contributed by atoms with van der Waals surface area (Å²) in [5, 5.41) is 0. The average Bonchev–Trinajstić information content (AvgIpc) is 2.18. The van der Waals surface area contributed by atoms with Crippen molar-refractivity contribution in [2.75, 3.05) is 0 Å². The number of hydrogen-bond donors (Lipinski definition) is 2. The summed E-state index contributed by atoms with van der Waals surface area (Å²) < 4.78 is -0.782. The van der Waals surface area contributed by atoms with Gasteiger partial charge in [-0.05, 0) is 11.1 Å². The van der Waals surface area contributed by atoms with Crippen molar-refractivity contribution in [3.63, 3.8) is 0 Å². The Labute approximate surface area is 106 Å². The Morgan fingerprint density at radius 2 is 1.62 bits per heavy atom. The topological polar surface area (TPSA) is 70.0 Å². The van der Waals surface area contributed by atoms with Crippen molar-refractivity contribution in [3.8, 4) is 0 Å². The fourth-order valence-corrected chi connectivity index (χ4v) is 2.06. The highest BCUT2D eigenvalue weighted by Crippen LogP contribution is 2.42. The van der Waals surface area contributed by atoms with Crippen LogP contribution in [-0.4, -0.2) is 4.33 Å². The molecule has 0 aromatic heterocycles. The minimum Gasteiger partial charge on any atom is -0.344 e. The zero-order valence-electron chi connectivity index (χ0n) is 9.00. The van der Waals surface area contributed by atoms with E-state index in [-0.39, 0.29) is 12.3 Å². The van der Waals surface area contributed by atoms with Gasteiger partial charge in [0, 0.05) is 6.42 Å². The lowest BCUT2D eigenvalue weighted by Crippen LogP contribution is -2.16. The van der Waals surface area contributed by atoms with Gasteiger partial charge in [0.15, 0.2) is 0 Å². The number of benzene rings is 1. The first-order valence-electron chi connectivity index (χ1n) is 4.51. The molecule has 0 heterocycles. The first-order valence-corrected chi connectivity index (χ1v) is 5.26. The summed E-state index contributed by atoms with van der Waals surface area (Å²) in [6.07, 6.45) is 6.60. The lowest BCUT2D eigenvalue weighted by atomic mass is 9.96. The summed E-state index contributed by atoms with van der Waals surface area (Å²) >= 11 is 12.4. The zero-order valence-corrected chi connectivity index (χ0v) is 10.5. The predicted octanol–water partition coefficient (Wildman–Crippen LogP) is 4.53. The van der Waals surface area contributed by atoms with E-state index in [1.165, 1.54) is 0 Å². The fourth-order valence-electron chi connectivity index (χ4n) is 1.54. The van der Waals surface area contributed by atoms with Crippen LogP contribution in [-0.2, 0) is 0 Å². The van der Waals surface area contributed by atoms with E-state index in [9.17, 15) is 0 Å². The van der Waals surface area contributed by atoms with Crippen molar-refractivity contribution < 1.29 is 0 Å². The van der Waals surface area contributed by atoms with Crippen LogP contribution in [0.4, 0.5) is 0 Å². The van der Waals surface area contributed by atoms with E-state index in [0.717, 1.165) is 11.1 Å². The molecule has 2 nitrogen and oxygen atoms in total. The summed E-state index contributed by atoms with van der Waals surface area (Å²) in [6.45, 7) is 0. The molecule has 88 valence electrons. The van der Waals surface area contributed by atoms with Crippen LogP contribution < -0.4 is 12.3 Å². The van der Waals surface area contributed by atoms with Crippen LogP contribution >= 0.6 is 23.2 Å². The van der Waals surface area contributed by atoms with Gasteiger partial charge in [-0.25, -0.2) is 0 Å². The molecule has 0 saturated carbocycles. The minimum atomic E-state index is -0.782. The van der Waals surface area contributed by atoms with Crippen LogP contribution in [0.5, 0.6) is 0 Å². The standard InChI is InChI=1S/C12H10Cl2.2H3N/c13-12(14)9-5-4-8-11(12)10-6-2-1-3-7-10;;/h1-8H,9H2;2*1H3. The van der Waals surface area contributed by atoms with Crippen molar-refractivity contribution in [3.05, 3.63) is 54.1 Å².